The highest BCUT2D eigenvalue weighted by molar-refractivity contribution is 7.99. The van der Waals surface area contributed by atoms with E-state index < -0.39 is 6.10 Å². The molecule has 6 heteroatoms. The highest BCUT2D eigenvalue weighted by atomic mass is 32.2. The maximum absolute atomic E-state index is 10.4. The first-order valence-corrected chi connectivity index (χ1v) is 9.87. The molecule has 2 aromatic rings. The third-order valence-corrected chi connectivity index (χ3v) is 5.77. The summed E-state index contributed by atoms with van der Waals surface area (Å²) in [5.41, 5.74) is 0.957. The zero-order valence-corrected chi connectivity index (χ0v) is 14.7. The van der Waals surface area contributed by atoms with Crippen molar-refractivity contribution in [1.82, 2.24) is 14.8 Å². The van der Waals surface area contributed by atoms with Gasteiger partial charge in [-0.05, 0) is 37.7 Å². The van der Waals surface area contributed by atoms with E-state index in [4.69, 9.17) is 0 Å². The van der Waals surface area contributed by atoms with Crippen LogP contribution in [0.1, 0.15) is 49.8 Å². The Kier molecular flexibility index (Phi) is 4.76. The molecule has 0 amide bonds. The Morgan fingerprint density at radius 1 is 1.08 bits per heavy atom. The van der Waals surface area contributed by atoms with Crippen LogP contribution in [-0.2, 0) is 0 Å². The van der Waals surface area contributed by atoms with Gasteiger partial charge in [-0.25, -0.2) is 0 Å². The van der Waals surface area contributed by atoms with Crippen molar-refractivity contribution in [2.45, 2.75) is 49.4 Å². The van der Waals surface area contributed by atoms with Crippen LogP contribution in [0, 0.1) is 0 Å². The lowest BCUT2D eigenvalue weighted by Gasteiger charge is -2.27. The Labute approximate surface area is 147 Å². The van der Waals surface area contributed by atoms with E-state index in [1.165, 1.54) is 32.1 Å². The Balaban J connectivity index is 1.48. The van der Waals surface area contributed by atoms with Gasteiger partial charge in [0, 0.05) is 24.9 Å². The minimum absolute atomic E-state index is 0.473. The van der Waals surface area contributed by atoms with Crippen LogP contribution in [0.2, 0.25) is 0 Å². The van der Waals surface area contributed by atoms with E-state index >= 15 is 0 Å². The van der Waals surface area contributed by atoms with Crippen molar-refractivity contribution in [2.24, 2.45) is 0 Å². The lowest BCUT2D eigenvalue weighted by Crippen LogP contribution is -2.31. The fourth-order valence-corrected chi connectivity index (χ4v) is 4.22. The molecule has 2 fully saturated rings. The Hall–Kier alpha value is -1.53. The van der Waals surface area contributed by atoms with Crippen molar-refractivity contribution in [2.75, 3.05) is 23.7 Å². The first-order chi connectivity index (χ1) is 11.8. The molecule has 5 nitrogen and oxygen atoms in total. The molecular weight excluding hydrogens is 320 g/mol. The van der Waals surface area contributed by atoms with E-state index in [2.05, 4.69) is 19.7 Å². The molecule has 1 aromatic carbocycles. The van der Waals surface area contributed by atoms with Crippen molar-refractivity contribution in [3.8, 4) is 0 Å². The normalized spacial score (nSPS) is 19.5. The highest BCUT2D eigenvalue weighted by Crippen LogP contribution is 2.41. The highest BCUT2D eigenvalue weighted by Gasteiger charge is 2.32. The molecule has 4 rings (SSSR count). The largest absolute Gasteiger partial charge is 0.388 e. The summed E-state index contributed by atoms with van der Waals surface area (Å²) in [5.74, 6) is 1.64. The first kappa shape index (κ1) is 16.0. The Morgan fingerprint density at radius 2 is 1.83 bits per heavy atom. The summed E-state index contributed by atoms with van der Waals surface area (Å²) in [6.07, 6.45) is 5.76. The zero-order valence-electron chi connectivity index (χ0n) is 13.8. The average Bonchev–Trinajstić information content (AvgIpc) is 3.40. The fraction of sp³-hybridized carbons (Fsp3) is 0.556. The van der Waals surface area contributed by atoms with Crippen molar-refractivity contribution in [3.05, 3.63) is 35.9 Å². The van der Waals surface area contributed by atoms with Gasteiger partial charge in [-0.3, -0.25) is 4.57 Å². The number of thioether (sulfide) groups is 1. The third kappa shape index (κ3) is 3.44. The van der Waals surface area contributed by atoms with Gasteiger partial charge in [0.15, 0.2) is 5.16 Å². The second-order valence-corrected chi connectivity index (χ2v) is 7.66. The van der Waals surface area contributed by atoms with Crippen LogP contribution < -0.4 is 4.90 Å². The molecule has 0 bridgehead atoms. The van der Waals surface area contributed by atoms with Gasteiger partial charge in [-0.2, -0.15) is 0 Å². The van der Waals surface area contributed by atoms with Crippen LogP contribution >= 0.6 is 11.8 Å². The lowest BCUT2D eigenvalue weighted by molar-refractivity contribution is 0.204. The smallest absolute Gasteiger partial charge is 0.228 e. The van der Waals surface area contributed by atoms with Crippen LogP contribution in [-0.4, -0.2) is 38.7 Å². The fourth-order valence-electron chi connectivity index (χ4n) is 3.25. The summed E-state index contributed by atoms with van der Waals surface area (Å²) in [7, 11) is 0. The van der Waals surface area contributed by atoms with E-state index in [0.717, 1.165) is 29.8 Å². The van der Waals surface area contributed by atoms with Gasteiger partial charge < -0.3 is 10.0 Å². The molecular formula is C18H24N4OS. The number of piperidine rings is 1. The van der Waals surface area contributed by atoms with Gasteiger partial charge in [0.25, 0.3) is 0 Å². The van der Waals surface area contributed by atoms with E-state index in [0.29, 0.717) is 11.8 Å². The average molecular weight is 344 g/mol. The molecule has 1 atom stereocenters. The Morgan fingerprint density at radius 3 is 2.54 bits per heavy atom. The second kappa shape index (κ2) is 7.15. The molecule has 1 saturated heterocycles. The quantitative estimate of drug-likeness (QED) is 0.814. The van der Waals surface area contributed by atoms with Gasteiger partial charge in [-0.1, -0.05) is 42.1 Å². The number of aromatic nitrogens is 3. The monoisotopic (exact) mass is 344 g/mol. The maximum Gasteiger partial charge on any atom is 0.228 e. The summed E-state index contributed by atoms with van der Waals surface area (Å²) in [5, 5.41) is 20.3. The van der Waals surface area contributed by atoms with Gasteiger partial charge >= 0.3 is 0 Å². The number of benzene rings is 1. The maximum atomic E-state index is 10.4. The number of nitrogens with zero attached hydrogens (tertiary/aromatic N) is 4. The van der Waals surface area contributed by atoms with Crippen molar-refractivity contribution >= 4 is 17.7 Å². The molecule has 1 saturated carbocycles. The summed E-state index contributed by atoms with van der Waals surface area (Å²) in [4.78, 5) is 2.38. The minimum atomic E-state index is -0.473. The minimum Gasteiger partial charge on any atom is -0.388 e. The SMILES string of the molecule is O[C@@H](CSc1nnc(N2CCCCC2)n1C1CC1)c1ccccc1. The summed E-state index contributed by atoms with van der Waals surface area (Å²) >= 11 is 1.62. The van der Waals surface area contributed by atoms with Gasteiger partial charge in [0.2, 0.25) is 5.95 Å². The number of aliphatic hydroxyl groups excluding tert-OH is 1. The topological polar surface area (TPSA) is 54.2 Å². The van der Waals surface area contributed by atoms with Crippen LogP contribution in [0.25, 0.3) is 0 Å². The molecule has 0 unspecified atom stereocenters. The molecule has 0 radical (unpaired) electrons. The first-order valence-electron chi connectivity index (χ1n) is 8.88. The van der Waals surface area contributed by atoms with Crippen LogP contribution in [0.4, 0.5) is 5.95 Å². The third-order valence-electron chi connectivity index (χ3n) is 4.75. The summed E-state index contributed by atoms with van der Waals surface area (Å²) < 4.78 is 2.31. The molecule has 24 heavy (non-hydrogen) atoms. The number of hydrogen-bond acceptors (Lipinski definition) is 5. The van der Waals surface area contributed by atoms with E-state index in [-0.39, 0.29) is 0 Å². The van der Waals surface area contributed by atoms with E-state index in [9.17, 15) is 5.11 Å². The molecule has 2 aliphatic rings. The van der Waals surface area contributed by atoms with Crippen LogP contribution in [0.15, 0.2) is 35.5 Å². The van der Waals surface area contributed by atoms with Gasteiger partial charge in [0.1, 0.15) is 0 Å². The molecule has 1 N–H and O–H groups in total. The molecule has 2 heterocycles. The second-order valence-electron chi connectivity index (χ2n) is 6.67. The predicted octanol–water partition coefficient (Wildman–Crippen LogP) is 3.43. The number of rotatable bonds is 6. The van der Waals surface area contributed by atoms with Gasteiger partial charge in [0.05, 0.1) is 6.10 Å². The summed E-state index contributed by atoms with van der Waals surface area (Å²) in [6, 6.07) is 10.4. The van der Waals surface area contributed by atoms with E-state index in [1.54, 1.807) is 11.8 Å². The Bertz CT molecular complexity index is 665. The van der Waals surface area contributed by atoms with Crippen molar-refractivity contribution in [1.29, 1.82) is 0 Å². The molecule has 0 spiro atoms. The predicted molar refractivity (Wildman–Crippen MR) is 96.5 cm³/mol. The zero-order chi connectivity index (χ0) is 16.4. The molecule has 128 valence electrons. The molecule has 1 aliphatic heterocycles. The van der Waals surface area contributed by atoms with E-state index in [1.807, 2.05) is 30.3 Å². The molecule has 1 aromatic heterocycles. The van der Waals surface area contributed by atoms with Crippen molar-refractivity contribution in [3.63, 3.8) is 0 Å². The van der Waals surface area contributed by atoms with Crippen LogP contribution in [0.3, 0.4) is 0 Å². The van der Waals surface area contributed by atoms with Gasteiger partial charge in [-0.15, -0.1) is 10.2 Å². The lowest BCUT2D eigenvalue weighted by atomic mass is 10.1. The number of aliphatic hydroxyl groups is 1. The van der Waals surface area contributed by atoms with Crippen molar-refractivity contribution < 1.29 is 5.11 Å². The number of hydrogen-bond donors (Lipinski definition) is 1. The van der Waals surface area contributed by atoms with Crippen LogP contribution in [0.5, 0.6) is 0 Å². The molecule has 1 aliphatic carbocycles. The number of anilines is 1. The summed E-state index contributed by atoms with van der Waals surface area (Å²) in [6.45, 7) is 2.17. The standard InChI is InChI=1S/C18H24N4OS/c23-16(14-7-3-1-4-8-14)13-24-18-20-19-17(22(18)15-9-10-15)21-11-5-2-6-12-21/h1,3-4,7-8,15-16,23H,2,5-6,9-13H2/t16-/m0/s1.